The summed E-state index contributed by atoms with van der Waals surface area (Å²) in [5.41, 5.74) is 0.875. The van der Waals surface area contributed by atoms with Crippen molar-refractivity contribution in [3.63, 3.8) is 0 Å². The quantitative estimate of drug-likeness (QED) is 0.710. The molecule has 0 spiro atoms. The van der Waals surface area contributed by atoms with Gasteiger partial charge in [0.15, 0.2) is 0 Å². The van der Waals surface area contributed by atoms with Crippen LogP contribution < -0.4 is 4.74 Å². The van der Waals surface area contributed by atoms with E-state index < -0.39 is 0 Å². The van der Waals surface area contributed by atoms with Gasteiger partial charge in [-0.25, -0.2) is 4.39 Å². The van der Waals surface area contributed by atoms with Gasteiger partial charge in [0.2, 0.25) is 0 Å². The predicted molar refractivity (Wildman–Crippen MR) is 50.4 cm³/mol. The molecule has 0 aliphatic heterocycles. The zero-order chi connectivity index (χ0) is 8.43. The Labute approximate surface area is 78.7 Å². The van der Waals surface area contributed by atoms with Crippen molar-refractivity contribution in [1.29, 1.82) is 0 Å². The largest absolute Gasteiger partial charge is 0.496 e. The first-order valence-corrected chi connectivity index (χ1v) is 4.22. The number of halogens is 2. The van der Waals surface area contributed by atoms with Crippen molar-refractivity contribution in [3.05, 3.63) is 27.1 Å². The molecule has 60 valence electrons. The summed E-state index contributed by atoms with van der Waals surface area (Å²) in [5.74, 6) is 0.380. The third-order valence-corrected chi connectivity index (χ3v) is 2.41. The van der Waals surface area contributed by atoms with Crippen LogP contribution in [0.15, 0.2) is 12.1 Å². The molecule has 0 saturated heterocycles. The molecule has 1 rings (SSSR count). The second-order valence-corrected chi connectivity index (χ2v) is 3.34. The van der Waals surface area contributed by atoms with Crippen LogP contribution in [0, 0.1) is 16.3 Å². The minimum Gasteiger partial charge on any atom is -0.496 e. The Hall–Kier alpha value is -0.320. The van der Waals surface area contributed by atoms with Gasteiger partial charge in [0.25, 0.3) is 0 Å². The van der Waals surface area contributed by atoms with Crippen LogP contribution in [0.2, 0.25) is 0 Å². The van der Waals surface area contributed by atoms with Crippen LogP contribution in [0.4, 0.5) is 4.39 Å². The molecule has 1 aromatic carbocycles. The molecular formula is C8H8FIO. The molecule has 0 aromatic heterocycles. The Balaban J connectivity index is 3.24. The molecule has 1 nitrogen and oxygen atoms in total. The molecule has 0 amide bonds. The fraction of sp³-hybridized carbons (Fsp3) is 0.250. The second kappa shape index (κ2) is 3.38. The topological polar surface area (TPSA) is 9.23 Å². The molecular weight excluding hydrogens is 258 g/mol. The van der Waals surface area contributed by atoms with Gasteiger partial charge in [0.05, 0.1) is 10.7 Å². The summed E-state index contributed by atoms with van der Waals surface area (Å²) in [7, 11) is 1.54. The highest BCUT2D eigenvalue weighted by atomic mass is 127. The van der Waals surface area contributed by atoms with Gasteiger partial charge in [-0.3, -0.25) is 0 Å². The van der Waals surface area contributed by atoms with Gasteiger partial charge in [-0.05, 0) is 47.2 Å². The molecule has 0 atom stereocenters. The fourth-order valence-corrected chi connectivity index (χ4v) is 1.37. The maximum absolute atomic E-state index is 12.9. The first-order valence-electron chi connectivity index (χ1n) is 3.15. The average molecular weight is 266 g/mol. The van der Waals surface area contributed by atoms with Crippen molar-refractivity contribution in [1.82, 2.24) is 0 Å². The summed E-state index contributed by atoms with van der Waals surface area (Å²) in [6, 6.07) is 3.30. The van der Waals surface area contributed by atoms with Gasteiger partial charge in [-0.2, -0.15) is 0 Å². The van der Waals surface area contributed by atoms with E-state index in [-0.39, 0.29) is 5.82 Å². The lowest BCUT2D eigenvalue weighted by Gasteiger charge is -2.04. The normalized spacial score (nSPS) is 9.82. The minimum atomic E-state index is -0.220. The van der Waals surface area contributed by atoms with Crippen molar-refractivity contribution in [2.45, 2.75) is 6.92 Å². The van der Waals surface area contributed by atoms with Crippen molar-refractivity contribution < 1.29 is 9.13 Å². The van der Waals surface area contributed by atoms with E-state index in [4.69, 9.17) is 4.74 Å². The molecule has 0 unspecified atom stereocenters. The van der Waals surface area contributed by atoms with E-state index in [0.29, 0.717) is 9.32 Å². The smallest absolute Gasteiger partial charge is 0.140 e. The SMILES string of the molecule is COc1cc(C)cc(F)c1I. The summed E-state index contributed by atoms with van der Waals surface area (Å²) >= 11 is 1.92. The molecule has 0 bridgehead atoms. The fourth-order valence-electron chi connectivity index (χ4n) is 0.841. The van der Waals surface area contributed by atoms with Crippen LogP contribution in [0.3, 0.4) is 0 Å². The molecule has 0 radical (unpaired) electrons. The van der Waals surface area contributed by atoms with Crippen LogP contribution in [0.25, 0.3) is 0 Å². The second-order valence-electron chi connectivity index (χ2n) is 2.26. The lowest BCUT2D eigenvalue weighted by molar-refractivity contribution is 0.407. The van der Waals surface area contributed by atoms with Crippen molar-refractivity contribution >= 4 is 22.6 Å². The minimum absolute atomic E-state index is 0.220. The molecule has 0 aliphatic rings. The molecule has 0 fully saturated rings. The molecule has 11 heavy (non-hydrogen) atoms. The van der Waals surface area contributed by atoms with E-state index >= 15 is 0 Å². The summed E-state index contributed by atoms with van der Waals surface area (Å²) in [6.45, 7) is 1.84. The Morgan fingerprint density at radius 1 is 1.45 bits per heavy atom. The Bertz CT molecular complexity index is 273. The highest BCUT2D eigenvalue weighted by Crippen LogP contribution is 2.24. The number of hydrogen-bond acceptors (Lipinski definition) is 1. The Kier molecular flexibility index (Phi) is 2.70. The predicted octanol–water partition coefficient (Wildman–Crippen LogP) is 2.75. The van der Waals surface area contributed by atoms with Crippen molar-refractivity contribution in [2.24, 2.45) is 0 Å². The molecule has 0 aliphatic carbocycles. The molecule has 0 saturated carbocycles. The maximum Gasteiger partial charge on any atom is 0.140 e. The van der Waals surface area contributed by atoms with Crippen LogP contribution >= 0.6 is 22.6 Å². The van der Waals surface area contributed by atoms with E-state index in [1.54, 1.807) is 0 Å². The molecule has 1 aromatic rings. The molecule has 3 heteroatoms. The number of benzene rings is 1. The zero-order valence-electron chi connectivity index (χ0n) is 6.32. The zero-order valence-corrected chi connectivity index (χ0v) is 8.48. The first-order chi connectivity index (χ1) is 5.15. The standard InChI is InChI=1S/C8H8FIO/c1-5-3-6(9)8(10)7(4-5)11-2/h3-4H,1-2H3. The highest BCUT2D eigenvalue weighted by Gasteiger charge is 2.05. The third-order valence-electron chi connectivity index (χ3n) is 1.36. The summed E-state index contributed by atoms with van der Waals surface area (Å²) in [4.78, 5) is 0. The number of methoxy groups -OCH3 is 1. The highest BCUT2D eigenvalue weighted by molar-refractivity contribution is 14.1. The third kappa shape index (κ3) is 1.83. The number of aryl methyl sites for hydroxylation is 1. The van der Waals surface area contributed by atoms with E-state index in [2.05, 4.69) is 0 Å². The molecule has 0 N–H and O–H groups in total. The van der Waals surface area contributed by atoms with Crippen LogP contribution in [0.5, 0.6) is 5.75 Å². The van der Waals surface area contributed by atoms with Gasteiger partial charge in [0.1, 0.15) is 11.6 Å². The van der Waals surface area contributed by atoms with E-state index in [9.17, 15) is 4.39 Å². The van der Waals surface area contributed by atoms with E-state index in [1.165, 1.54) is 13.2 Å². The molecule has 0 heterocycles. The van der Waals surface area contributed by atoms with Gasteiger partial charge in [-0.1, -0.05) is 0 Å². The van der Waals surface area contributed by atoms with Crippen molar-refractivity contribution in [2.75, 3.05) is 7.11 Å². The van der Waals surface area contributed by atoms with E-state index in [1.807, 2.05) is 35.6 Å². The van der Waals surface area contributed by atoms with Crippen LogP contribution in [-0.2, 0) is 0 Å². The Morgan fingerprint density at radius 2 is 2.09 bits per heavy atom. The lowest BCUT2D eigenvalue weighted by Crippen LogP contribution is -1.91. The summed E-state index contributed by atoms with van der Waals surface area (Å²) < 4.78 is 18.4. The number of hydrogen-bond donors (Lipinski definition) is 0. The van der Waals surface area contributed by atoms with E-state index in [0.717, 1.165) is 5.56 Å². The first kappa shape index (κ1) is 8.77. The van der Waals surface area contributed by atoms with Crippen molar-refractivity contribution in [3.8, 4) is 5.75 Å². The number of ether oxygens (including phenoxy) is 1. The van der Waals surface area contributed by atoms with Crippen LogP contribution in [-0.4, -0.2) is 7.11 Å². The Morgan fingerprint density at radius 3 is 2.64 bits per heavy atom. The summed E-state index contributed by atoms with van der Waals surface area (Å²) in [5, 5.41) is 0. The lowest BCUT2D eigenvalue weighted by atomic mass is 10.2. The van der Waals surface area contributed by atoms with Gasteiger partial charge >= 0.3 is 0 Å². The number of rotatable bonds is 1. The van der Waals surface area contributed by atoms with Gasteiger partial charge < -0.3 is 4.74 Å². The summed E-state index contributed by atoms with van der Waals surface area (Å²) in [6.07, 6.45) is 0. The monoisotopic (exact) mass is 266 g/mol. The van der Waals surface area contributed by atoms with Gasteiger partial charge in [-0.15, -0.1) is 0 Å². The van der Waals surface area contributed by atoms with Gasteiger partial charge in [0, 0.05) is 0 Å². The average Bonchev–Trinajstić information content (AvgIpc) is 1.96. The maximum atomic E-state index is 12.9. The van der Waals surface area contributed by atoms with Crippen LogP contribution in [0.1, 0.15) is 5.56 Å².